The maximum absolute atomic E-state index is 6.38. The van der Waals surface area contributed by atoms with E-state index in [1.807, 2.05) is 0 Å². The van der Waals surface area contributed by atoms with E-state index in [1.54, 1.807) is 0 Å². The molecule has 1 aliphatic carbocycles. The average molecular weight is 339 g/mol. The van der Waals surface area contributed by atoms with Crippen molar-refractivity contribution < 1.29 is 9.47 Å². The van der Waals surface area contributed by atoms with Crippen LogP contribution in [0, 0.1) is 0 Å². The van der Waals surface area contributed by atoms with E-state index in [-0.39, 0.29) is 0 Å². The Morgan fingerprint density at radius 3 is 2.64 bits per heavy atom. The third-order valence-electron chi connectivity index (χ3n) is 5.72. The number of fused-ring (bicyclic) bond motifs is 1. The van der Waals surface area contributed by atoms with Gasteiger partial charge in [-0.25, -0.2) is 0 Å². The zero-order valence-corrected chi connectivity index (χ0v) is 15.0. The summed E-state index contributed by atoms with van der Waals surface area (Å²) in [6.07, 6.45) is 6.53. The largest absolute Gasteiger partial charge is 0.379 e. The molecular formula is C22H29NO2. The molecule has 1 aliphatic heterocycles. The minimum absolute atomic E-state index is 0.396. The van der Waals surface area contributed by atoms with Crippen molar-refractivity contribution in [2.24, 2.45) is 0 Å². The maximum Gasteiger partial charge on any atom is 0.0730 e. The Bertz CT molecular complexity index is 681. The standard InChI is InChI=1S/C22H29NO2/c1-2-6-20-17-18(9-10-19(20)5-1)11-14-25-22-8-4-3-7-21(22)23-12-15-24-16-13-23/h1-2,5-6,9-10,17,21-22H,3-4,7-8,11-16H2/t21-,22-/m0/s1. The first-order chi connectivity index (χ1) is 12.4. The number of ether oxygens (including phenoxy) is 2. The molecule has 2 aliphatic rings. The summed E-state index contributed by atoms with van der Waals surface area (Å²) in [4.78, 5) is 2.60. The summed E-state index contributed by atoms with van der Waals surface area (Å²) >= 11 is 0. The SMILES string of the molecule is c1ccc2cc(CCO[C@H]3CCCC[C@@H]3N3CCOCC3)ccc2c1. The van der Waals surface area contributed by atoms with Crippen molar-refractivity contribution in [3.8, 4) is 0 Å². The zero-order valence-electron chi connectivity index (χ0n) is 15.0. The average Bonchev–Trinajstić information content (AvgIpc) is 2.69. The molecule has 0 radical (unpaired) electrons. The highest BCUT2D eigenvalue weighted by molar-refractivity contribution is 5.82. The van der Waals surface area contributed by atoms with Crippen LogP contribution in [-0.2, 0) is 15.9 Å². The Hall–Kier alpha value is -1.42. The second kappa shape index (κ2) is 8.31. The molecule has 0 unspecified atom stereocenters. The number of rotatable bonds is 5. The van der Waals surface area contributed by atoms with Crippen LogP contribution in [0.3, 0.4) is 0 Å². The molecule has 2 aromatic carbocycles. The second-order valence-electron chi connectivity index (χ2n) is 7.34. The quantitative estimate of drug-likeness (QED) is 0.820. The van der Waals surface area contributed by atoms with Crippen LogP contribution in [0.15, 0.2) is 42.5 Å². The fourth-order valence-corrected chi connectivity index (χ4v) is 4.32. The predicted molar refractivity (Wildman–Crippen MR) is 102 cm³/mol. The Labute approximate surface area is 150 Å². The van der Waals surface area contributed by atoms with Gasteiger partial charge in [0.2, 0.25) is 0 Å². The molecule has 25 heavy (non-hydrogen) atoms. The number of hydrogen-bond acceptors (Lipinski definition) is 3. The van der Waals surface area contributed by atoms with Gasteiger partial charge in [-0.3, -0.25) is 4.90 Å². The monoisotopic (exact) mass is 339 g/mol. The highest BCUT2D eigenvalue weighted by atomic mass is 16.5. The van der Waals surface area contributed by atoms with Gasteiger partial charge in [-0.05, 0) is 35.6 Å². The van der Waals surface area contributed by atoms with Gasteiger partial charge in [-0.15, -0.1) is 0 Å². The number of nitrogens with zero attached hydrogens (tertiary/aromatic N) is 1. The Morgan fingerprint density at radius 2 is 1.76 bits per heavy atom. The molecule has 2 aromatic rings. The van der Waals surface area contributed by atoms with Gasteiger partial charge in [-0.2, -0.15) is 0 Å². The van der Waals surface area contributed by atoms with Crippen molar-refractivity contribution >= 4 is 10.8 Å². The molecule has 0 aromatic heterocycles. The lowest BCUT2D eigenvalue weighted by Crippen LogP contribution is -2.51. The molecule has 1 heterocycles. The highest BCUT2D eigenvalue weighted by Gasteiger charge is 2.31. The van der Waals surface area contributed by atoms with Crippen LogP contribution in [0.25, 0.3) is 10.8 Å². The van der Waals surface area contributed by atoms with Crippen LogP contribution < -0.4 is 0 Å². The lowest BCUT2D eigenvalue weighted by molar-refractivity contribution is -0.0647. The third-order valence-corrected chi connectivity index (χ3v) is 5.72. The topological polar surface area (TPSA) is 21.7 Å². The molecular weight excluding hydrogens is 310 g/mol. The van der Waals surface area contributed by atoms with Gasteiger partial charge in [0.25, 0.3) is 0 Å². The van der Waals surface area contributed by atoms with Crippen molar-refractivity contribution in [2.75, 3.05) is 32.9 Å². The van der Waals surface area contributed by atoms with Crippen molar-refractivity contribution in [3.63, 3.8) is 0 Å². The van der Waals surface area contributed by atoms with Crippen LogP contribution >= 0.6 is 0 Å². The molecule has 134 valence electrons. The van der Waals surface area contributed by atoms with Gasteiger partial charge in [0.05, 0.1) is 25.9 Å². The third kappa shape index (κ3) is 4.22. The van der Waals surface area contributed by atoms with Gasteiger partial charge in [0.1, 0.15) is 0 Å². The van der Waals surface area contributed by atoms with Crippen LogP contribution in [-0.4, -0.2) is 50.0 Å². The summed E-state index contributed by atoms with van der Waals surface area (Å²) in [6.45, 7) is 4.70. The van der Waals surface area contributed by atoms with Gasteiger partial charge < -0.3 is 9.47 Å². The maximum atomic E-state index is 6.38. The van der Waals surface area contributed by atoms with E-state index in [9.17, 15) is 0 Å². The molecule has 1 saturated carbocycles. The molecule has 0 N–H and O–H groups in total. The van der Waals surface area contributed by atoms with E-state index >= 15 is 0 Å². The summed E-state index contributed by atoms with van der Waals surface area (Å²) in [7, 11) is 0. The van der Waals surface area contributed by atoms with Crippen LogP contribution in [0.4, 0.5) is 0 Å². The highest BCUT2D eigenvalue weighted by Crippen LogP contribution is 2.26. The van der Waals surface area contributed by atoms with Gasteiger partial charge >= 0.3 is 0 Å². The number of benzene rings is 2. The van der Waals surface area contributed by atoms with E-state index < -0.39 is 0 Å². The normalized spacial score (nSPS) is 25.3. The van der Waals surface area contributed by atoms with Crippen molar-refractivity contribution in [1.82, 2.24) is 4.90 Å². The van der Waals surface area contributed by atoms with Crippen LogP contribution in [0.2, 0.25) is 0 Å². The Kier molecular flexibility index (Phi) is 5.65. The minimum Gasteiger partial charge on any atom is -0.379 e. The summed E-state index contributed by atoms with van der Waals surface area (Å²) < 4.78 is 11.9. The second-order valence-corrected chi connectivity index (χ2v) is 7.34. The first-order valence-electron chi connectivity index (χ1n) is 9.81. The van der Waals surface area contributed by atoms with E-state index in [0.717, 1.165) is 39.3 Å². The fourth-order valence-electron chi connectivity index (χ4n) is 4.32. The first-order valence-corrected chi connectivity index (χ1v) is 9.81. The van der Waals surface area contributed by atoms with Gasteiger partial charge in [0.15, 0.2) is 0 Å². The smallest absolute Gasteiger partial charge is 0.0730 e. The first kappa shape index (κ1) is 17.0. The summed E-state index contributed by atoms with van der Waals surface area (Å²) in [5.41, 5.74) is 1.37. The van der Waals surface area contributed by atoms with E-state index in [2.05, 4.69) is 47.4 Å². The van der Waals surface area contributed by atoms with Gasteiger partial charge in [-0.1, -0.05) is 55.3 Å². The molecule has 3 heteroatoms. The summed E-state index contributed by atoms with van der Waals surface area (Å²) in [5.74, 6) is 0. The minimum atomic E-state index is 0.396. The van der Waals surface area contributed by atoms with Crippen LogP contribution in [0.1, 0.15) is 31.2 Å². The molecule has 4 rings (SSSR count). The molecule has 1 saturated heterocycles. The van der Waals surface area contributed by atoms with Crippen molar-refractivity contribution in [1.29, 1.82) is 0 Å². The predicted octanol–water partition coefficient (Wildman–Crippen LogP) is 4.04. The van der Waals surface area contributed by atoms with Crippen molar-refractivity contribution in [3.05, 3.63) is 48.0 Å². The molecule has 0 amide bonds. The lowest BCUT2D eigenvalue weighted by Gasteiger charge is -2.41. The Morgan fingerprint density at radius 1 is 0.960 bits per heavy atom. The molecule has 2 fully saturated rings. The molecule has 0 bridgehead atoms. The van der Waals surface area contributed by atoms with E-state index in [0.29, 0.717) is 12.1 Å². The fraction of sp³-hybridized carbons (Fsp3) is 0.545. The van der Waals surface area contributed by atoms with Crippen molar-refractivity contribution in [2.45, 2.75) is 44.2 Å². The molecule has 0 spiro atoms. The summed E-state index contributed by atoms with van der Waals surface area (Å²) in [5, 5.41) is 2.63. The van der Waals surface area contributed by atoms with E-state index in [4.69, 9.17) is 9.47 Å². The molecule has 2 atom stereocenters. The van der Waals surface area contributed by atoms with Gasteiger partial charge in [0, 0.05) is 19.1 Å². The summed E-state index contributed by atoms with van der Waals surface area (Å²) in [6, 6.07) is 15.9. The zero-order chi connectivity index (χ0) is 16.9. The Balaban J connectivity index is 1.34. The lowest BCUT2D eigenvalue weighted by atomic mass is 9.91. The number of morpholine rings is 1. The van der Waals surface area contributed by atoms with E-state index in [1.165, 1.54) is 42.0 Å². The molecule has 3 nitrogen and oxygen atoms in total. The number of hydrogen-bond donors (Lipinski definition) is 0. The van der Waals surface area contributed by atoms with Crippen LogP contribution in [0.5, 0.6) is 0 Å².